The van der Waals surface area contributed by atoms with E-state index in [1.165, 1.54) is 0 Å². The lowest BCUT2D eigenvalue weighted by Crippen LogP contribution is -2.50. The number of para-hydroxylation sites is 2. The molecule has 172 valence electrons. The molecule has 0 aliphatic rings. The molecule has 0 radical (unpaired) electrons. The Morgan fingerprint density at radius 1 is 1.00 bits per heavy atom. The Kier molecular flexibility index (Phi) is 6.49. The molecule has 0 bridgehead atoms. The zero-order valence-corrected chi connectivity index (χ0v) is 19.8. The Bertz CT molecular complexity index is 1410. The summed E-state index contributed by atoms with van der Waals surface area (Å²) in [5.74, 6) is 0.287. The van der Waals surface area contributed by atoms with Gasteiger partial charge < -0.3 is 9.88 Å². The van der Waals surface area contributed by atoms with Gasteiger partial charge in [0.05, 0.1) is 15.9 Å². The van der Waals surface area contributed by atoms with E-state index < -0.39 is 16.1 Å². The molecular weight excluding hydrogens is 436 g/mol. The number of hydrogen-bond acceptors (Lipinski definition) is 4. The summed E-state index contributed by atoms with van der Waals surface area (Å²) in [6.45, 7) is 6.47. The minimum absolute atomic E-state index is 0.139. The predicted octanol–water partition coefficient (Wildman–Crippen LogP) is 3.62. The monoisotopic (exact) mass is 464 g/mol. The van der Waals surface area contributed by atoms with Gasteiger partial charge in [-0.15, -0.1) is 0 Å². The second-order valence-electron chi connectivity index (χ2n) is 8.44. The quantitative estimate of drug-likeness (QED) is 0.417. The van der Waals surface area contributed by atoms with Crippen LogP contribution in [0.15, 0.2) is 71.6 Å². The summed E-state index contributed by atoms with van der Waals surface area (Å²) in [4.78, 5) is 17.6. The van der Waals surface area contributed by atoms with Crippen molar-refractivity contribution < 1.29 is 13.2 Å². The van der Waals surface area contributed by atoms with Crippen LogP contribution in [0.3, 0.4) is 0 Å². The van der Waals surface area contributed by atoms with Gasteiger partial charge in [0.15, 0.2) is 0 Å². The van der Waals surface area contributed by atoms with Crippen LogP contribution in [0, 0.1) is 12.8 Å². The molecule has 0 aliphatic heterocycles. The largest absolute Gasteiger partial charge is 0.353 e. The average molecular weight is 465 g/mol. The topological polar surface area (TPSA) is 93.1 Å². The average Bonchev–Trinajstić information content (AvgIpc) is 3.12. The molecule has 1 aromatic heterocycles. The van der Waals surface area contributed by atoms with Crippen LogP contribution in [0.5, 0.6) is 0 Å². The van der Waals surface area contributed by atoms with Crippen LogP contribution in [-0.4, -0.2) is 36.5 Å². The highest BCUT2D eigenvalue weighted by atomic mass is 32.2. The van der Waals surface area contributed by atoms with E-state index in [-0.39, 0.29) is 16.7 Å². The third-order valence-corrected chi connectivity index (χ3v) is 7.18. The fourth-order valence-electron chi connectivity index (χ4n) is 3.94. The van der Waals surface area contributed by atoms with Gasteiger partial charge in [-0.3, -0.25) is 4.79 Å². The number of sulfonamides is 1. The van der Waals surface area contributed by atoms with E-state index in [1.54, 1.807) is 18.2 Å². The highest BCUT2D eigenvalue weighted by Crippen LogP contribution is 2.20. The van der Waals surface area contributed by atoms with E-state index in [0.717, 1.165) is 27.6 Å². The Balaban J connectivity index is 1.45. The minimum Gasteiger partial charge on any atom is -0.353 e. The number of rotatable bonds is 8. The molecule has 0 saturated carbocycles. The first-order chi connectivity index (χ1) is 15.8. The highest BCUT2D eigenvalue weighted by Gasteiger charge is 2.28. The van der Waals surface area contributed by atoms with Crippen molar-refractivity contribution in [3.8, 4) is 0 Å². The first-order valence-corrected chi connectivity index (χ1v) is 12.5. The van der Waals surface area contributed by atoms with Crippen molar-refractivity contribution in [2.75, 3.05) is 6.54 Å². The molecule has 0 aliphatic carbocycles. The number of carbonyl (C=O) groups excluding carboxylic acids is 1. The number of carbonyl (C=O) groups is 1. The number of hydrogen-bond donors (Lipinski definition) is 2. The van der Waals surface area contributed by atoms with Crippen LogP contribution in [0.2, 0.25) is 0 Å². The third-order valence-electron chi connectivity index (χ3n) is 5.74. The normalized spacial score (nSPS) is 13.0. The van der Waals surface area contributed by atoms with E-state index in [1.807, 2.05) is 73.9 Å². The lowest BCUT2D eigenvalue weighted by molar-refractivity contribution is -0.123. The lowest BCUT2D eigenvalue weighted by atomic mass is 10.1. The maximum Gasteiger partial charge on any atom is 0.241 e. The van der Waals surface area contributed by atoms with Crippen molar-refractivity contribution in [3.63, 3.8) is 0 Å². The number of fused-ring (bicyclic) bond motifs is 2. The van der Waals surface area contributed by atoms with E-state index in [2.05, 4.69) is 15.0 Å². The molecule has 2 N–H and O–H groups in total. The predicted molar refractivity (Wildman–Crippen MR) is 130 cm³/mol. The molecule has 1 heterocycles. The molecule has 1 unspecified atom stereocenters. The zero-order chi connectivity index (χ0) is 23.6. The van der Waals surface area contributed by atoms with Crippen molar-refractivity contribution in [1.29, 1.82) is 0 Å². The second-order valence-corrected chi connectivity index (χ2v) is 10.2. The van der Waals surface area contributed by atoms with Gasteiger partial charge >= 0.3 is 0 Å². The van der Waals surface area contributed by atoms with Crippen molar-refractivity contribution in [2.45, 2.75) is 38.3 Å². The van der Waals surface area contributed by atoms with Gasteiger partial charge in [0, 0.05) is 13.1 Å². The lowest BCUT2D eigenvalue weighted by Gasteiger charge is -2.22. The summed E-state index contributed by atoms with van der Waals surface area (Å²) in [6, 6.07) is 19.5. The number of nitrogens with one attached hydrogen (secondary N) is 2. The zero-order valence-electron chi connectivity index (χ0n) is 18.9. The molecule has 1 atom stereocenters. The van der Waals surface area contributed by atoms with Gasteiger partial charge in [-0.1, -0.05) is 56.3 Å². The summed E-state index contributed by atoms with van der Waals surface area (Å²) in [7, 11) is -3.87. The molecule has 1 amide bonds. The van der Waals surface area contributed by atoms with E-state index in [9.17, 15) is 13.2 Å². The van der Waals surface area contributed by atoms with Gasteiger partial charge in [-0.2, -0.15) is 4.72 Å². The van der Waals surface area contributed by atoms with Gasteiger partial charge in [0.2, 0.25) is 15.9 Å². The Labute approximate surface area is 193 Å². The number of imidazole rings is 1. The number of benzene rings is 3. The molecule has 7 nitrogen and oxygen atoms in total. The molecule has 0 spiro atoms. The first-order valence-electron chi connectivity index (χ1n) is 11.0. The van der Waals surface area contributed by atoms with E-state index in [0.29, 0.717) is 13.1 Å². The van der Waals surface area contributed by atoms with E-state index >= 15 is 0 Å². The Morgan fingerprint density at radius 3 is 2.45 bits per heavy atom. The summed E-state index contributed by atoms with van der Waals surface area (Å²) in [5.41, 5.74) is 1.91. The maximum absolute atomic E-state index is 13.0. The highest BCUT2D eigenvalue weighted by molar-refractivity contribution is 7.89. The number of amides is 1. The molecule has 4 aromatic rings. The number of aryl methyl sites for hydroxylation is 1. The fraction of sp³-hybridized carbons (Fsp3) is 0.280. The van der Waals surface area contributed by atoms with Crippen LogP contribution in [0.4, 0.5) is 0 Å². The second kappa shape index (κ2) is 9.33. The third kappa shape index (κ3) is 4.91. The first kappa shape index (κ1) is 22.9. The van der Waals surface area contributed by atoms with Crippen LogP contribution in [0.25, 0.3) is 21.8 Å². The SMILES string of the molecule is Cc1nc2ccccc2n1CCNC(=O)C(NS(=O)(=O)c1ccc2ccccc2c1)C(C)C. The Morgan fingerprint density at radius 2 is 1.70 bits per heavy atom. The van der Waals surface area contributed by atoms with Crippen molar-refractivity contribution in [3.05, 3.63) is 72.6 Å². The molecular formula is C25H28N4O3S. The number of aromatic nitrogens is 2. The maximum atomic E-state index is 13.0. The van der Waals surface area contributed by atoms with Gasteiger partial charge in [-0.25, -0.2) is 13.4 Å². The molecule has 33 heavy (non-hydrogen) atoms. The number of nitrogens with zero attached hydrogens (tertiary/aromatic N) is 2. The van der Waals surface area contributed by atoms with Crippen LogP contribution < -0.4 is 10.0 Å². The van der Waals surface area contributed by atoms with Gasteiger partial charge in [0.25, 0.3) is 0 Å². The van der Waals surface area contributed by atoms with Crippen molar-refractivity contribution >= 4 is 37.7 Å². The summed E-state index contributed by atoms with van der Waals surface area (Å²) < 4.78 is 30.7. The van der Waals surface area contributed by atoms with Crippen LogP contribution >= 0.6 is 0 Å². The molecule has 4 rings (SSSR count). The summed E-state index contributed by atoms with van der Waals surface area (Å²) in [6.07, 6.45) is 0. The smallest absolute Gasteiger partial charge is 0.241 e. The van der Waals surface area contributed by atoms with Gasteiger partial charge in [0.1, 0.15) is 11.9 Å². The standard InChI is InChI=1S/C25H28N4O3S/c1-17(2)24(28-33(31,32)21-13-12-19-8-4-5-9-20(19)16-21)25(30)26-14-15-29-18(3)27-22-10-6-7-11-23(22)29/h4-13,16-17,24,28H,14-15H2,1-3H3,(H,26,30). The van der Waals surface area contributed by atoms with Gasteiger partial charge in [-0.05, 0) is 47.9 Å². The van der Waals surface area contributed by atoms with Crippen LogP contribution in [-0.2, 0) is 21.4 Å². The fourth-order valence-corrected chi connectivity index (χ4v) is 5.32. The summed E-state index contributed by atoms with van der Waals surface area (Å²) in [5, 5.41) is 4.67. The van der Waals surface area contributed by atoms with Crippen LogP contribution in [0.1, 0.15) is 19.7 Å². The van der Waals surface area contributed by atoms with Crippen molar-refractivity contribution in [2.24, 2.45) is 5.92 Å². The van der Waals surface area contributed by atoms with Crippen molar-refractivity contribution in [1.82, 2.24) is 19.6 Å². The summed E-state index contributed by atoms with van der Waals surface area (Å²) >= 11 is 0. The Hall–Kier alpha value is -3.23. The molecule has 0 saturated heterocycles. The molecule has 0 fully saturated rings. The molecule has 8 heteroatoms. The molecule has 3 aromatic carbocycles. The minimum atomic E-state index is -3.87. The van der Waals surface area contributed by atoms with E-state index in [4.69, 9.17) is 0 Å².